The van der Waals surface area contributed by atoms with E-state index >= 15 is 0 Å². The highest BCUT2D eigenvalue weighted by Crippen LogP contribution is 2.18. The lowest BCUT2D eigenvalue weighted by Crippen LogP contribution is -2.45. The van der Waals surface area contributed by atoms with Gasteiger partial charge in [-0.1, -0.05) is 12.8 Å². The smallest absolute Gasteiger partial charge is 0.234 e. The standard InChI is InChI=1S/C13H23FN2O/c14-8-11-4-3-7-16(9-11)10-13(17)15-12-5-1-2-6-12/h11-12H,1-10H2,(H,15,17). The first-order chi connectivity index (χ1) is 8.28. The molecular formula is C13H23FN2O. The van der Waals surface area contributed by atoms with Crippen LogP contribution >= 0.6 is 0 Å². The molecule has 0 aromatic rings. The van der Waals surface area contributed by atoms with Gasteiger partial charge in [0, 0.05) is 18.5 Å². The van der Waals surface area contributed by atoms with Crippen LogP contribution in [0.15, 0.2) is 0 Å². The number of carbonyl (C=O) groups is 1. The minimum atomic E-state index is -0.249. The Kier molecular flexibility index (Phi) is 4.77. The number of piperidine rings is 1. The van der Waals surface area contributed by atoms with Gasteiger partial charge in [-0.15, -0.1) is 0 Å². The highest BCUT2D eigenvalue weighted by molar-refractivity contribution is 5.78. The predicted molar refractivity (Wildman–Crippen MR) is 65.5 cm³/mol. The van der Waals surface area contributed by atoms with E-state index in [-0.39, 0.29) is 18.5 Å². The number of rotatable bonds is 4. The number of alkyl halides is 1. The van der Waals surface area contributed by atoms with Gasteiger partial charge >= 0.3 is 0 Å². The van der Waals surface area contributed by atoms with Gasteiger partial charge in [0.15, 0.2) is 0 Å². The van der Waals surface area contributed by atoms with E-state index in [0.717, 1.165) is 38.8 Å². The maximum Gasteiger partial charge on any atom is 0.234 e. The van der Waals surface area contributed by atoms with Crippen LogP contribution in [0.5, 0.6) is 0 Å². The van der Waals surface area contributed by atoms with E-state index in [1.807, 2.05) is 0 Å². The van der Waals surface area contributed by atoms with Crippen molar-refractivity contribution < 1.29 is 9.18 Å². The molecule has 1 saturated heterocycles. The topological polar surface area (TPSA) is 32.3 Å². The number of halogens is 1. The molecule has 1 aliphatic carbocycles. The summed E-state index contributed by atoms with van der Waals surface area (Å²) in [4.78, 5) is 13.9. The Labute approximate surface area is 103 Å². The molecule has 2 aliphatic rings. The molecule has 1 N–H and O–H groups in total. The van der Waals surface area contributed by atoms with Crippen molar-refractivity contribution in [3.63, 3.8) is 0 Å². The molecule has 0 bridgehead atoms. The van der Waals surface area contributed by atoms with E-state index in [0.29, 0.717) is 12.6 Å². The number of nitrogens with zero attached hydrogens (tertiary/aromatic N) is 1. The maximum atomic E-state index is 12.6. The zero-order chi connectivity index (χ0) is 12.1. The zero-order valence-electron chi connectivity index (χ0n) is 10.5. The zero-order valence-corrected chi connectivity index (χ0v) is 10.5. The summed E-state index contributed by atoms with van der Waals surface area (Å²) >= 11 is 0. The molecule has 1 aliphatic heterocycles. The van der Waals surface area contributed by atoms with E-state index in [1.165, 1.54) is 12.8 Å². The monoisotopic (exact) mass is 242 g/mol. The minimum Gasteiger partial charge on any atom is -0.352 e. The molecule has 2 fully saturated rings. The largest absolute Gasteiger partial charge is 0.352 e. The van der Waals surface area contributed by atoms with E-state index in [1.54, 1.807) is 0 Å². The molecular weight excluding hydrogens is 219 g/mol. The van der Waals surface area contributed by atoms with Crippen LogP contribution in [0.1, 0.15) is 38.5 Å². The van der Waals surface area contributed by atoms with Crippen molar-refractivity contribution in [2.75, 3.05) is 26.3 Å². The van der Waals surface area contributed by atoms with Gasteiger partial charge in [-0.25, -0.2) is 0 Å². The normalized spacial score (nSPS) is 27.2. The average molecular weight is 242 g/mol. The van der Waals surface area contributed by atoms with Crippen LogP contribution in [-0.4, -0.2) is 43.2 Å². The van der Waals surface area contributed by atoms with Crippen molar-refractivity contribution in [2.45, 2.75) is 44.6 Å². The van der Waals surface area contributed by atoms with Crippen LogP contribution in [-0.2, 0) is 4.79 Å². The Hall–Kier alpha value is -0.640. The van der Waals surface area contributed by atoms with Gasteiger partial charge in [-0.05, 0) is 32.2 Å². The SMILES string of the molecule is O=C(CN1CCCC(CF)C1)NC1CCCC1. The third kappa shape index (κ3) is 3.95. The van der Waals surface area contributed by atoms with Gasteiger partial charge in [-0.3, -0.25) is 14.1 Å². The molecule has 17 heavy (non-hydrogen) atoms. The van der Waals surface area contributed by atoms with Gasteiger partial charge in [0.2, 0.25) is 5.91 Å². The Morgan fingerprint density at radius 1 is 1.24 bits per heavy atom. The molecule has 1 amide bonds. The molecule has 0 aromatic heterocycles. The first-order valence-corrected chi connectivity index (χ1v) is 6.85. The van der Waals surface area contributed by atoms with E-state index in [2.05, 4.69) is 10.2 Å². The number of hydrogen-bond donors (Lipinski definition) is 1. The number of nitrogens with one attached hydrogen (secondary N) is 1. The summed E-state index contributed by atoms with van der Waals surface area (Å²) in [6, 6.07) is 0.393. The quantitative estimate of drug-likeness (QED) is 0.814. The van der Waals surface area contributed by atoms with Crippen molar-refractivity contribution in [3.8, 4) is 0 Å². The Balaban J connectivity index is 1.70. The van der Waals surface area contributed by atoms with Crippen LogP contribution in [0.4, 0.5) is 4.39 Å². The average Bonchev–Trinajstić information content (AvgIpc) is 2.82. The van der Waals surface area contributed by atoms with Gasteiger partial charge in [0.05, 0.1) is 13.2 Å². The highest BCUT2D eigenvalue weighted by Gasteiger charge is 2.23. The van der Waals surface area contributed by atoms with E-state index in [9.17, 15) is 9.18 Å². The van der Waals surface area contributed by atoms with Crippen LogP contribution in [0.2, 0.25) is 0 Å². The van der Waals surface area contributed by atoms with Gasteiger partial charge in [-0.2, -0.15) is 0 Å². The lowest BCUT2D eigenvalue weighted by molar-refractivity contribution is -0.123. The maximum absolute atomic E-state index is 12.6. The van der Waals surface area contributed by atoms with Crippen LogP contribution < -0.4 is 5.32 Å². The lowest BCUT2D eigenvalue weighted by Gasteiger charge is -2.31. The summed E-state index contributed by atoms with van der Waals surface area (Å²) in [5, 5.41) is 3.08. The van der Waals surface area contributed by atoms with Gasteiger partial charge < -0.3 is 5.32 Å². The number of hydrogen-bond acceptors (Lipinski definition) is 2. The second-order valence-corrected chi connectivity index (χ2v) is 5.45. The second-order valence-electron chi connectivity index (χ2n) is 5.45. The molecule has 3 nitrogen and oxygen atoms in total. The van der Waals surface area contributed by atoms with Crippen molar-refractivity contribution in [1.82, 2.24) is 10.2 Å². The number of carbonyl (C=O) groups excluding carboxylic acids is 1. The highest BCUT2D eigenvalue weighted by atomic mass is 19.1. The fourth-order valence-corrected chi connectivity index (χ4v) is 2.97. The third-order valence-corrected chi connectivity index (χ3v) is 3.91. The predicted octanol–water partition coefficient (Wildman–Crippen LogP) is 1.73. The minimum absolute atomic E-state index is 0.122. The molecule has 0 spiro atoms. The van der Waals surface area contributed by atoms with Crippen molar-refractivity contribution in [1.29, 1.82) is 0 Å². The van der Waals surface area contributed by atoms with Crippen molar-refractivity contribution in [3.05, 3.63) is 0 Å². The molecule has 2 rings (SSSR count). The Morgan fingerprint density at radius 3 is 2.71 bits per heavy atom. The lowest BCUT2D eigenvalue weighted by atomic mass is 9.99. The Morgan fingerprint density at radius 2 is 2.00 bits per heavy atom. The van der Waals surface area contributed by atoms with Crippen molar-refractivity contribution in [2.24, 2.45) is 5.92 Å². The molecule has 4 heteroatoms. The fourth-order valence-electron chi connectivity index (χ4n) is 2.97. The molecule has 1 unspecified atom stereocenters. The molecule has 0 radical (unpaired) electrons. The molecule has 1 saturated carbocycles. The molecule has 1 atom stereocenters. The second kappa shape index (κ2) is 6.34. The molecule has 0 aromatic carbocycles. The van der Waals surface area contributed by atoms with Crippen LogP contribution in [0.25, 0.3) is 0 Å². The fraction of sp³-hybridized carbons (Fsp3) is 0.923. The van der Waals surface area contributed by atoms with Crippen molar-refractivity contribution >= 4 is 5.91 Å². The summed E-state index contributed by atoms with van der Waals surface area (Å²) in [5.74, 6) is 0.263. The van der Waals surface area contributed by atoms with Gasteiger partial charge in [0.1, 0.15) is 0 Å². The molecule has 98 valence electrons. The van der Waals surface area contributed by atoms with E-state index in [4.69, 9.17) is 0 Å². The summed E-state index contributed by atoms with van der Waals surface area (Å²) in [6.45, 7) is 1.89. The molecule has 1 heterocycles. The van der Waals surface area contributed by atoms with Gasteiger partial charge in [0.25, 0.3) is 0 Å². The third-order valence-electron chi connectivity index (χ3n) is 3.91. The first-order valence-electron chi connectivity index (χ1n) is 6.85. The number of amides is 1. The van der Waals surface area contributed by atoms with Crippen LogP contribution in [0, 0.1) is 5.92 Å². The summed E-state index contributed by atoms with van der Waals surface area (Å²) < 4.78 is 12.6. The van der Waals surface area contributed by atoms with Crippen LogP contribution in [0.3, 0.4) is 0 Å². The summed E-state index contributed by atoms with van der Waals surface area (Å²) in [7, 11) is 0. The summed E-state index contributed by atoms with van der Waals surface area (Å²) in [6.07, 6.45) is 6.71. The summed E-state index contributed by atoms with van der Waals surface area (Å²) in [5.41, 5.74) is 0. The van der Waals surface area contributed by atoms with E-state index < -0.39 is 0 Å². The number of likely N-dealkylation sites (tertiary alicyclic amines) is 1. The first kappa shape index (κ1) is 12.8. The Bertz CT molecular complexity index is 254.